The molecular weight excluding hydrogens is 152 g/mol. The van der Waals surface area contributed by atoms with E-state index in [1.165, 1.54) is 0 Å². The summed E-state index contributed by atoms with van der Waals surface area (Å²) in [4.78, 5) is 0. The van der Waals surface area contributed by atoms with E-state index in [0.717, 1.165) is 12.8 Å². The minimum atomic E-state index is 0.434. The Morgan fingerprint density at radius 3 is 1.42 bits per heavy atom. The molecule has 0 fully saturated rings. The molecule has 2 atom stereocenters. The second-order valence-electron chi connectivity index (χ2n) is 2.95. The molecule has 12 heavy (non-hydrogen) atoms. The first-order valence-electron chi connectivity index (χ1n) is 4.54. The predicted octanol–water partition coefficient (Wildman–Crippen LogP) is -1.14. The Morgan fingerprint density at radius 1 is 0.917 bits per heavy atom. The standard InChI is InChI=1S/C8H22N4/c1-11-7(3-5-9)8(12-2)4-6-10/h7-8,11-12H,3-6,9-10H2,1-2H3. The fourth-order valence-corrected chi connectivity index (χ4v) is 1.45. The summed E-state index contributed by atoms with van der Waals surface area (Å²) in [5, 5.41) is 6.48. The molecule has 0 spiro atoms. The predicted molar refractivity (Wildman–Crippen MR) is 53.0 cm³/mol. The number of nitrogens with two attached hydrogens (primary N) is 2. The monoisotopic (exact) mass is 174 g/mol. The summed E-state index contributed by atoms with van der Waals surface area (Å²) in [6, 6.07) is 0.868. The molecule has 4 heteroatoms. The molecule has 0 saturated carbocycles. The molecule has 0 aliphatic heterocycles. The fraction of sp³-hybridized carbons (Fsp3) is 1.00. The Hall–Kier alpha value is -0.160. The first-order valence-corrected chi connectivity index (χ1v) is 4.54. The van der Waals surface area contributed by atoms with Gasteiger partial charge in [0.25, 0.3) is 0 Å². The van der Waals surface area contributed by atoms with Gasteiger partial charge in [0.2, 0.25) is 0 Å². The van der Waals surface area contributed by atoms with Crippen LogP contribution in [0.4, 0.5) is 0 Å². The quantitative estimate of drug-likeness (QED) is 0.393. The third-order valence-corrected chi connectivity index (χ3v) is 2.18. The van der Waals surface area contributed by atoms with Crippen molar-refractivity contribution in [2.45, 2.75) is 24.9 Å². The van der Waals surface area contributed by atoms with Crippen LogP contribution in [-0.2, 0) is 0 Å². The molecule has 0 bridgehead atoms. The van der Waals surface area contributed by atoms with E-state index >= 15 is 0 Å². The zero-order valence-electron chi connectivity index (χ0n) is 8.14. The Labute approximate surface area is 75.1 Å². The summed E-state index contributed by atoms with van der Waals surface area (Å²) < 4.78 is 0. The first-order chi connectivity index (χ1) is 5.79. The van der Waals surface area contributed by atoms with Gasteiger partial charge in [0.15, 0.2) is 0 Å². The van der Waals surface area contributed by atoms with E-state index in [1.807, 2.05) is 14.1 Å². The van der Waals surface area contributed by atoms with Gasteiger partial charge in [0, 0.05) is 12.1 Å². The van der Waals surface area contributed by atoms with Gasteiger partial charge in [-0.1, -0.05) is 0 Å². The molecule has 74 valence electrons. The number of hydrogen-bond donors (Lipinski definition) is 4. The van der Waals surface area contributed by atoms with Crippen LogP contribution in [0.2, 0.25) is 0 Å². The average Bonchev–Trinajstić information content (AvgIpc) is 2.11. The third-order valence-electron chi connectivity index (χ3n) is 2.18. The second-order valence-corrected chi connectivity index (χ2v) is 2.95. The van der Waals surface area contributed by atoms with Crippen molar-refractivity contribution in [1.82, 2.24) is 10.6 Å². The molecule has 0 aliphatic rings. The lowest BCUT2D eigenvalue weighted by molar-refractivity contribution is 0.376. The normalized spacial score (nSPS) is 16.0. The van der Waals surface area contributed by atoms with E-state index in [1.54, 1.807) is 0 Å². The van der Waals surface area contributed by atoms with Gasteiger partial charge in [-0.3, -0.25) is 0 Å². The molecule has 4 nitrogen and oxygen atoms in total. The highest BCUT2D eigenvalue weighted by Gasteiger charge is 2.15. The zero-order chi connectivity index (χ0) is 9.40. The first kappa shape index (κ1) is 11.8. The Balaban J connectivity index is 3.84. The van der Waals surface area contributed by atoms with Gasteiger partial charge in [-0.15, -0.1) is 0 Å². The van der Waals surface area contributed by atoms with E-state index in [4.69, 9.17) is 11.5 Å². The van der Waals surface area contributed by atoms with Gasteiger partial charge >= 0.3 is 0 Å². The molecule has 0 heterocycles. The topological polar surface area (TPSA) is 76.1 Å². The number of rotatable bonds is 7. The summed E-state index contributed by atoms with van der Waals surface area (Å²) in [5.41, 5.74) is 11.0. The Bertz CT molecular complexity index is 85.1. The van der Waals surface area contributed by atoms with Crippen molar-refractivity contribution in [1.29, 1.82) is 0 Å². The summed E-state index contributed by atoms with van der Waals surface area (Å²) in [7, 11) is 3.92. The van der Waals surface area contributed by atoms with E-state index in [9.17, 15) is 0 Å². The lowest BCUT2D eigenvalue weighted by Gasteiger charge is -2.25. The van der Waals surface area contributed by atoms with Crippen LogP contribution in [0.5, 0.6) is 0 Å². The van der Waals surface area contributed by atoms with E-state index in [2.05, 4.69) is 10.6 Å². The van der Waals surface area contributed by atoms with Crippen molar-refractivity contribution in [3.63, 3.8) is 0 Å². The average molecular weight is 174 g/mol. The largest absolute Gasteiger partial charge is 0.330 e. The minimum absolute atomic E-state index is 0.434. The van der Waals surface area contributed by atoms with Crippen molar-refractivity contribution < 1.29 is 0 Å². The summed E-state index contributed by atoms with van der Waals surface area (Å²) in [6.45, 7) is 1.43. The van der Waals surface area contributed by atoms with Gasteiger partial charge in [-0.2, -0.15) is 0 Å². The Kier molecular flexibility index (Phi) is 7.39. The molecule has 6 N–H and O–H groups in total. The van der Waals surface area contributed by atoms with Crippen molar-refractivity contribution in [2.24, 2.45) is 11.5 Å². The molecule has 0 radical (unpaired) electrons. The molecule has 0 aliphatic carbocycles. The van der Waals surface area contributed by atoms with Crippen LogP contribution in [0.1, 0.15) is 12.8 Å². The highest BCUT2D eigenvalue weighted by molar-refractivity contribution is 4.80. The maximum atomic E-state index is 5.49. The van der Waals surface area contributed by atoms with Crippen LogP contribution < -0.4 is 22.1 Å². The molecular formula is C8H22N4. The van der Waals surface area contributed by atoms with Gasteiger partial charge in [0.1, 0.15) is 0 Å². The fourth-order valence-electron chi connectivity index (χ4n) is 1.45. The summed E-state index contributed by atoms with van der Waals surface area (Å²) in [5.74, 6) is 0. The SMILES string of the molecule is CNC(CCN)C(CCN)NC. The molecule has 2 unspecified atom stereocenters. The van der Waals surface area contributed by atoms with Crippen LogP contribution >= 0.6 is 0 Å². The maximum absolute atomic E-state index is 5.49. The molecule has 0 aromatic rings. The molecule has 0 aromatic carbocycles. The van der Waals surface area contributed by atoms with Crippen LogP contribution in [-0.4, -0.2) is 39.3 Å². The number of nitrogens with one attached hydrogen (secondary N) is 2. The smallest absolute Gasteiger partial charge is 0.0230 e. The summed E-state index contributed by atoms with van der Waals surface area (Å²) >= 11 is 0. The highest BCUT2D eigenvalue weighted by atomic mass is 15.0. The molecule has 0 rings (SSSR count). The molecule has 0 aromatic heterocycles. The van der Waals surface area contributed by atoms with Crippen LogP contribution in [0.3, 0.4) is 0 Å². The van der Waals surface area contributed by atoms with Crippen molar-refractivity contribution in [3.05, 3.63) is 0 Å². The number of hydrogen-bond acceptors (Lipinski definition) is 4. The third kappa shape index (κ3) is 4.01. The lowest BCUT2D eigenvalue weighted by atomic mass is 10.0. The van der Waals surface area contributed by atoms with Gasteiger partial charge in [-0.25, -0.2) is 0 Å². The highest BCUT2D eigenvalue weighted by Crippen LogP contribution is 2.00. The van der Waals surface area contributed by atoms with Crippen molar-refractivity contribution >= 4 is 0 Å². The van der Waals surface area contributed by atoms with Crippen LogP contribution in [0.15, 0.2) is 0 Å². The van der Waals surface area contributed by atoms with Crippen LogP contribution in [0, 0.1) is 0 Å². The van der Waals surface area contributed by atoms with E-state index in [0.29, 0.717) is 25.2 Å². The van der Waals surface area contributed by atoms with Gasteiger partial charge in [0.05, 0.1) is 0 Å². The van der Waals surface area contributed by atoms with Crippen molar-refractivity contribution in [3.8, 4) is 0 Å². The maximum Gasteiger partial charge on any atom is 0.0230 e. The lowest BCUT2D eigenvalue weighted by Crippen LogP contribution is -2.47. The van der Waals surface area contributed by atoms with Gasteiger partial charge < -0.3 is 22.1 Å². The second kappa shape index (κ2) is 7.49. The van der Waals surface area contributed by atoms with E-state index in [-0.39, 0.29) is 0 Å². The van der Waals surface area contributed by atoms with E-state index < -0.39 is 0 Å². The summed E-state index contributed by atoms with van der Waals surface area (Å²) in [6.07, 6.45) is 1.98. The van der Waals surface area contributed by atoms with Gasteiger partial charge in [-0.05, 0) is 40.0 Å². The van der Waals surface area contributed by atoms with Crippen molar-refractivity contribution in [2.75, 3.05) is 27.2 Å². The Morgan fingerprint density at radius 2 is 1.25 bits per heavy atom. The molecule has 0 saturated heterocycles. The zero-order valence-corrected chi connectivity index (χ0v) is 8.14. The molecule has 0 amide bonds. The minimum Gasteiger partial charge on any atom is -0.330 e. The number of likely N-dealkylation sites (N-methyl/N-ethyl adjacent to an activating group) is 2. The van der Waals surface area contributed by atoms with Crippen LogP contribution in [0.25, 0.3) is 0 Å².